The summed E-state index contributed by atoms with van der Waals surface area (Å²) in [5.74, 6) is 1.21. The Balaban J connectivity index is 1.95. The zero-order chi connectivity index (χ0) is 26.2. The maximum atomic E-state index is 13.4. The minimum absolute atomic E-state index is 0.0504. The Morgan fingerprint density at radius 2 is 1.89 bits per heavy atom. The molecule has 0 aliphatic carbocycles. The minimum Gasteiger partial charge on any atom is -0.496 e. The molecule has 3 atom stereocenters. The summed E-state index contributed by atoms with van der Waals surface area (Å²) >= 11 is 0. The molecule has 1 heterocycles. The SMILES string of the molecule is CCC(=O)Nc1ccc2c(c1)C(=O)N(C)C[C@@H](OC)[C@@H](C)CN(Cc1ccccc1OC)[C@@H](C)CO2. The standard InChI is InChI=1S/C28H39N3O5/c1-7-27(32)29-22-12-13-25-23(14-22)28(33)30(4)17-26(35-6)19(2)15-31(20(3)18-36-25)16-21-10-8-9-11-24(21)34-5/h8-14,19-20,26H,7,15-18H2,1-6H3,(H,29,32)/t19-,20-,26+/m0/s1. The quantitative estimate of drug-likeness (QED) is 0.649. The number of fused-ring (bicyclic) bond motifs is 1. The van der Waals surface area contributed by atoms with Crippen LogP contribution in [0.4, 0.5) is 5.69 Å². The van der Waals surface area contributed by atoms with Crippen molar-refractivity contribution in [2.24, 2.45) is 5.92 Å². The fourth-order valence-electron chi connectivity index (χ4n) is 4.45. The molecule has 1 aliphatic heterocycles. The summed E-state index contributed by atoms with van der Waals surface area (Å²) < 4.78 is 17.7. The molecule has 8 nitrogen and oxygen atoms in total. The molecule has 2 aromatic rings. The largest absolute Gasteiger partial charge is 0.496 e. The van der Waals surface area contributed by atoms with Crippen molar-refractivity contribution >= 4 is 17.5 Å². The first-order chi connectivity index (χ1) is 17.3. The number of hydrogen-bond acceptors (Lipinski definition) is 6. The second kappa shape index (κ2) is 12.7. The van der Waals surface area contributed by atoms with Crippen LogP contribution >= 0.6 is 0 Å². The van der Waals surface area contributed by atoms with E-state index in [0.29, 0.717) is 43.1 Å². The summed E-state index contributed by atoms with van der Waals surface area (Å²) in [4.78, 5) is 29.4. The number of nitrogens with one attached hydrogen (secondary N) is 1. The number of anilines is 1. The minimum atomic E-state index is -0.175. The fourth-order valence-corrected chi connectivity index (χ4v) is 4.45. The van der Waals surface area contributed by atoms with Gasteiger partial charge in [0.15, 0.2) is 0 Å². The number of carbonyl (C=O) groups is 2. The molecule has 0 fully saturated rings. The fraction of sp³-hybridized carbons (Fsp3) is 0.500. The molecule has 36 heavy (non-hydrogen) atoms. The van der Waals surface area contributed by atoms with E-state index in [1.165, 1.54) is 0 Å². The Bertz CT molecular complexity index is 1040. The molecule has 0 saturated carbocycles. The van der Waals surface area contributed by atoms with Gasteiger partial charge in [0.25, 0.3) is 5.91 Å². The van der Waals surface area contributed by atoms with Gasteiger partial charge in [-0.1, -0.05) is 32.0 Å². The maximum absolute atomic E-state index is 13.4. The van der Waals surface area contributed by atoms with Crippen LogP contribution in [0, 0.1) is 5.92 Å². The number of likely N-dealkylation sites (N-methyl/N-ethyl adjacent to an activating group) is 1. The number of carbonyl (C=O) groups excluding carboxylic acids is 2. The molecule has 0 radical (unpaired) electrons. The molecule has 0 unspecified atom stereocenters. The lowest BCUT2D eigenvalue weighted by molar-refractivity contribution is -0.115. The maximum Gasteiger partial charge on any atom is 0.257 e. The summed E-state index contributed by atoms with van der Waals surface area (Å²) in [5.41, 5.74) is 2.09. The third kappa shape index (κ3) is 6.77. The van der Waals surface area contributed by atoms with E-state index in [4.69, 9.17) is 14.2 Å². The Morgan fingerprint density at radius 1 is 1.14 bits per heavy atom. The molecular weight excluding hydrogens is 458 g/mol. The number of ether oxygens (including phenoxy) is 3. The third-order valence-corrected chi connectivity index (χ3v) is 6.74. The van der Waals surface area contributed by atoms with E-state index in [9.17, 15) is 9.59 Å². The van der Waals surface area contributed by atoms with Crippen molar-refractivity contribution in [2.45, 2.75) is 45.9 Å². The first kappa shape index (κ1) is 27.5. The average molecular weight is 498 g/mol. The zero-order valence-corrected chi connectivity index (χ0v) is 22.2. The average Bonchev–Trinajstić information content (AvgIpc) is 2.89. The molecule has 0 bridgehead atoms. The van der Waals surface area contributed by atoms with Crippen LogP contribution in [0.3, 0.4) is 0 Å². The molecule has 196 valence electrons. The van der Waals surface area contributed by atoms with E-state index >= 15 is 0 Å². The van der Waals surface area contributed by atoms with Crippen molar-refractivity contribution in [3.8, 4) is 11.5 Å². The monoisotopic (exact) mass is 497 g/mol. The Labute approximate surface area is 214 Å². The zero-order valence-electron chi connectivity index (χ0n) is 22.2. The number of para-hydroxylation sites is 1. The van der Waals surface area contributed by atoms with Gasteiger partial charge in [-0.15, -0.1) is 0 Å². The highest BCUT2D eigenvalue weighted by Crippen LogP contribution is 2.27. The number of rotatable bonds is 6. The highest BCUT2D eigenvalue weighted by atomic mass is 16.5. The molecule has 0 aromatic heterocycles. The van der Waals surface area contributed by atoms with Crippen molar-refractivity contribution < 1.29 is 23.8 Å². The number of hydrogen-bond donors (Lipinski definition) is 1. The number of amides is 2. The van der Waals surface area contributed by atoms with Crippen molar-refractivity contribution in [1.29, 1.82) is 0 Å². The summed E-state index contributed by atoms with van der Waals surface area (Å²) in [6.45, 7) is 8.33. The molecule has 8 heteroatoms. The van der Waals surface area contributed by atoms with Gasteiger partial charge in [-0.05, 0) is 37.1 Å². The topological polar surface area (TPSA) is 80.3 Å². The van der Waals surface area contributed by atoms with Crippen LogP contribution in [0.15, 0.2) is 42.5 Å². The molecular formula is C28H39N3O5. The Kier molecular flexibility index (Phi) is 9.73. The lowest BCUT2D eigenvalue weighted by atomic mass is 10.0. The van der Waals surface area contributed by atoms with E-state index < -0.39 is 0 Å². The first-order valence-electron chi connectivity index (χ1n) is 12.5. The highest BCUT2D eigenvalue weighted by molar-refractivity contribution is 5.99. The van der Waals surface area contributed by atoms with E-state index in [1.54, 1.807) is 51.3 Å². The molecule has 0 saturated heterocycles. The van der Waals surface area contributed by atoms with Crippen molar-refractivity contribution in [3.05, 3.63) is 53.6 Å². The summed E-state index contributed by atoms with van der Waals surface area (Å²) in [6.07, 6.45) is 0.201. The van der Waals surface area contributed by atoms with Crippen molar-refractivity contribution in [2.75, 3.05) is 46.3 Å². The van der Waals surface area contributed by atoms with Gasteiger partial charge < -0.3 is 24.4 Å². The van der Waals surface area contributed by atoms with Gasteiger partial charge in [-0.3, -0.25) is 14.5 Å². The predicted molar refractivity (Wildman–Crippen MR) is 141 cm³/mol. The molecule has 1 aliphatic rings. The van der Waals surface area contributed by atoms with Crippen molar-refractivity contribution in [1.82, 2.24) is 9.80 Å². The van der Waals surface area contributed by atoms with Crippen LogP contribution in [0.1, 0.15) is 43.1 Å². The summed E-state index contributed by atoms with van der Waals surface area (Å²) in [7, 11) is 5.14. The van der Waals surface area contributed by atoms with Gasteiger partial charge in [0.1, 0.15) is 18.1 Å². The normalized spacial score (nSPS) is 21.6. The van der Waals surface area contributed by atoms with E-state index in [0.717, 1.165) is 17.9 Å². The number of methoxy groups -OCH3 is 2. The van der Waals surface area contributed by atoms with E-state index in [1.807, 2.05) is 18.2 Å². The van der Waals surface area contributed by atoms with Crippen LogP contribution in [-0.2, 0) is 16.1 Å². The van der Waals surface area contributed by atoms with Gasteiger partial charge >= 0.3 is 0 Å². The second-order valence-corrected chi connectivity index (χ2v) is 9.45. The lowest BCUT2D eigenvalue weighted by Gasteiger charge is -2.36. The van der Waals surface area contributed by atoms with E-state index in [2.05, 4.69) is 30.1 Å². The highest BCUT2D eigenvalue weighted by Gasteiger charge is 2.29. The van der Waals surface area contributed by atoms with Crippen LogP contribution < -0.4 is 14.8 Å². The number of nitrogens with zero attached hydrogens (tertiary/aromatic N) is 2. The predicted octanol–water partition coefficient (Wildman–Crippen LogP) is 4.05. The Hall–Kier alpha value is -3.10. The molecule has 3 rings (SSSR count). The smallest absolute Gasteiger partial charge is 0.257 e. The van der Waals surface area contributed by atoms with Gasteiger partial charge in [-0.2, -0.15) is 0 Å². The Morgan fingerprint density at radius 3 is 2.58 bits per heavy atom. The van der Waals surface area contributed by atoms with Gasteiger partial charge in [-0.25, -0.2) is 0 Å². The third-order valence-electron chi connectivity index (χ3n) is 6.74. The molecule has 0 spiro atoms. The van der Waals surface area contributed by atoms with E-state index in [-0.39, 0.29) is 29.9 Å². The molecule has 2 aromatic carbocycles. The number of benzene rings is 2. The van der Waals surface area contributed by atoms with Gasteiger partial charge in [0, 0.05) is 57.5 Å². The van der Waals surface area contributed by atoms with Crippen LogP contribution in [-0.4, -0.2) is 74.7 Å². The second-order valence-electron chi connectivity index (χ2n) is 9.45. The van der Waals surface area contributed by atoms with Crippen LogP contribution in [0.2, 0.25) is 0 Å². The van der Waals surface area contributed by atoms with Crippen LogP contribution in [0.25, 0.3) is 0 Å². The lowest BCUT2D eigenvalue weighted by Crippen LogP contribution is -2.46. The van der Waals surface area contributed by atoms with Gasteiger partial charge in [0.2, 0.25) is 5.91 Å². The van der Waals surface area contributed by atoms with Gasteiger partial charge in [0.05, 0.1) is 18.8 Å². The van der Waals surface area contributed by atoms with Crippen LogP contribution in [0.5, 0.6) is 11.5 Å². The molecule has 2 amide bonds. The summed E-state index contributed by atoms with van der Waals surface area (Å²) in [5, 5.41) is 2.83. The summed E-state index contributed by atoms with van der Waals surface area (Å²) in [6, 6.07) is 13.3. The van der Waals surface area contributed by atoms with Crippen molar-refractivity contribution in [3.63, 3.8) is 0 Å². The first-order valence-corrected chi connectivity index (χ1v) is 12.5. The molecule has 1 N–H and O–H groups in total.